The van der Waals surface area contributed by atoms with Gasteiger partial charge in [-0.1, -0.05) is 18.2 Å². The number of carbonyl (C=O) groups excluding carboxylic acids is 1. The van der Waals surface area contributed by atoms with Crippen LogP contribution in [0.5, 0.6) is 0 Å². The lowest BCUT2D eigenvalue weighted by atomic mass is 10.1. The molecule has 2 amide bonds. The Bertz CT molecular complexity index is 669. The normalized spacial score (nSPS) is 10.0. The topological polar surface area (TPSA) is 104 Å². The van der Waals surface area contributed by atoms with E-state index < -0.39 is 6.09 Å². The molecule has 0 aliphatic heterocycles. The van der Waals surface area contributed by atoms with Gasteiger partial charge in [-0.2, -0.15) is 0 Å². The Balaban J connectivity index is 1.89. The van der Waals surface area contributed by atoms with Crippen LogP contribution in [0.2, 0.25) is 0 Å². The summed E-state index contributed by atoms with van der Waals surface area (Å²) < 4.78 is 0. The van der Waals surface area contributed by atoms with E-state index in [1.54, 1.807) is 36.4 Å². The van der Waals surface area contributed by atoms with Gasteiger partial charge in [0.25, 0.3) is 0 Å². The van der Waals surface area contributed by atoms with Gasteiger partial charge < -0.3 is 16.2 Å². The summed E-state index contributed by atoms with van der Waals surface area (Å²) in [5.74, 6) is -0.135. The predicted octanol–water partition coefficient (Wildman–Crippen LogP) is 2.93. The van der Waals surface area contributed by atoms with Gasteiger partial charge in [0.2, 0.25) is 5.91 Å². The molecule has 6 nitrogen and oxygen atoms in total. The Morgan fingerprint density at radius 3 is 2.27 bits per heavy atom. The lowest BCUT2D eigenvalue weighted by Crippen LogP contribution is -2.13. The molecule has 0 aliphatic carbocycles. The van der Waals surface area contributed by atoms with Gasteiger partial charge in [0, 0.05) is 23.5 Å². The molecule has 2 rings (SSSR count). The van der Waals surface area contributed by atoms with E-state index in [1.807, 2.05) is 12.1 Å². The van der Waals surface area contributed by atoms with E-state index in [0.717, 1.165) is 5.56 Å². The molecule has 0 spiro atoms. The van der Waals surface area contributed by atoms with Gasteiger partial charge in [0.1, 0.15) is 0 Å². The quantitative estimate of drug-likeness (QED) is 0.637. The zero-order valence-electron chi connectivity index (χ0n) is 11.9. The maximum Gasteiger partial charge on any atom is 0.409 e. The number of carboxylic acid groups (broad SMARTS) is 1. The van der Waals surface area contributed by atoms with Gasteiger partial charge in [-0.05, 0) is 42.3 Å². The standard InChI is InChI=1S/C16H17N3O3/c17-12-7-4-11(5-8-12)6-9-15(20)18-13-2-1-3-14(10-13)19-16(21)22/h1-5,7-8,10,19H,6,9,17H2,(H,18,20)(H,21,22). The highest BCUT2D eigenvalue weighted by Crippen LogP contribution is 2.15. The second-order valence-corrected chi connectivity index (χ2v) is 4.80. The number of carbonyl (C=O) groups is 2. The van der Waals surface area contributed by atoms with Crippen molar-refractivity contribution in [2.45, 2.75) is 12.8 Å². The van der Waals surface area contributed by atoms with Crippen LogP contribution in [0.25, 0.3) is 0 Å². The number of nitrogens with two attached hydrogens (primary N) is 1. The van der Waals surface area contributed by atoms with Crippen molar-refractivity contribution in [3.63, 3.8) is 0 Å². The zero-order valence-corrected chi connectivity index (χ0v) is 11.9. The van der Waals surface area contributed by atoms with Gasteiger partial charge >= 0.3 is 6.09 Å². The Morgan fingerprint density at radius 2 is 1.64 bits per heavy atom. The summed E-state index contributed by atoms with van der Waals surface area (Å²) in [6.07, 6.45) is -0.202. The smallest absolute Gasteiger partial charge is 0.409 e. The van der Waals surface area contributed by atoms with Crippen molar-refractivity contribution in [3.05, 3.63) is 54.1 Å². The van der Waals surface area contributed by atoms with E-state index in [9.17, 15) is 9.59 Å². The molecule has 0 heterocycles. The Kier molecular flexibility index (Phi) is 4.98. The number of benzene rings is 2. The molecule has 0 aliphatic rings. The molecule has 22 heavy (non-hydrogen) atoms. The van der Waals surface area contributed by atoms with E-state index in [-0.39, 0.29) is 5.91 Å². The summed E-state index contributed by atoms with van der Waals surface area (Å²) in [4.78, 5) is 22.5. The van der Waals surface area contributed by atoms with Crippen molar-refractivity contribution in [2.75, 3.05) is 16.4 Å². The third kappa shape index (κ3) is 4.82. The molecular weight excluding hydrogens is 282 g/mol. The summed E-state index contributed by atoms with van der Waals surface area (Å²) in [5.41, 5.74) is 8.29. The van der Waals surface area contributed by atoms with Crippen LogP contribution in [-0.4, -0.2) is 17.1 Å². The fourth-order valence-corrected chi connectivity index (χ4v) is 1.96. The van der Waals surface area contributed by atoms with Crippen LogP contribution in [-0.2, 0) is 11.2 Å². The Labute approximate surface area is 128 Å². The molecule has 0 fully saturated rings. The maximum atomic E-state index is 11.9. The minimum absolute atomic E-state index is 0.135. The summed E-state index contributed by atoms with van der Waals surface area (Å²) in [7, 11) is 0. The van der Waals surface area contributed by atoms with Crippen LogP contribution >= 0.6 is 0 Å². The molecule has 0 radical (unpaired) electrons. The highest BCUT2D eigenvalue weighted by Gasteiger charge is 2.05. The minimum Gasteiger partial charge on any atom is -0.465 e. The lowest BCUT2D eigenvalue weighted by Gasteiger charge is -2.07. The molecular formula is C16H17N3O3. The molecule has 0 saturated heterocycles. The first-order valence-electron chi connectivity index (χ1n) is 6.77. The van der Waals surface area contributed by atoms with Crippen molar-refractivity contribution < 1.29 is 14.7 Å². The minimum atomic E-state index is -1.15. The second kappa shape index (κ2) is 7.12. The van der Waals surface area contributed by atoms with Crippen LogP contribution in [0.1, 0.15) is 12.0 Å². The first-order valence-corrected chi connectivity index (χ1v) is 6.77. The number of hydrogen-bond donors (Lipinski definition) is 4. The fourth-order valence-electron chi connectivity index (χ4n) is 1.96. The first kappa shape index (κ1) is 15.4. The zero-order chi connectivity index (χ0) is 15.9. The molecule has 6 heteroatoms. The third-order valence-corrected chi connectivity index (χ3v) is 3.02. The summed E-state index contributed by atoms with van der Waals surface area (Å²) >= 11 is 0. The fraction of sp³-hybridized carbons (Fsp3) is 0.125. The van der Waals surface area contributed by atoms with Crippen LogP contribution in [0.15, 0.2) is 48.5 Å². The number of nitrogen functional groups attached to an aromatic ring is 1. The van der Waals surface area contributed by atoms with Crippen molar-refractivity contribution in [1.82, 2.24) is 0 Å². The average Bonchev–Trinajstić information content (AvgIpc) is 2.46. The Hall–Kier alpha value is -3.02. The van der Waals surface area contributed by atoms with Crippen LogP contribution in [0.3, 0.4) is 0 Å². The predicted molar refractivity (Wildman–Crippen MR) is 85.9 cm³/mol. The summed E-state index contributed by atoms with van der Waals surface area (Å²) in [5, 5.41) is 13.6. The van der Waals surface area contributed by atoms with E-state index in [4.69, 9.17) is 10.8 Å². The molecule has 0 aromatic heterocycles. The molecule has 0 atom stereocenters. The van der Waals surface area contributed by atoms with Crippen LogP contribution < -0.4 is 16.4 Å². The van der Waals surface area contributed by atoms with Crippen LogP contribution in [0, 0.1) is 0 Å². The number of hydrogen-bond acceptors (Lipinski definition) is 3. The van der Waals surface area contributed by atoms with Crippen molar-refractivity contribution in [2.24, 2.45) is 0 Å². The van der Waals surface area contributed by atoms with E-state index >= 15 is 0 Å². The molecule has 0 bridgehead atoms. The molecule has 2 aromatic carbocycles. The summed E-state index contributed by atoms with van der Waals surface area (Å²) in [6, 6.07) is 13.9. The van der Waals surface area contributed by atoms with Gasteiger partial charge in [0.05, 0.1) is 0 Å². The van der Waals surface area contributed by atoms with Gasteiger partial charge in [-0.3, -0.25) is 10.1 Å². The first-order chi connectivity index (χ1) is 10.5. The summed E-state index contributed by atoms with van der Waals surface area (Å²) in [6.45, 7) is 0. The van der Waals surface area contributed by atoms with E-state index in [0.29, 0.717) is 29.9 Å². The van der Waals surface area contributed by atoms with Crippen molar-refractivity contribution >= 4 is 29.1 Å². The van der Waals surface area contributed by atoms with Crippen molar-refractivity contribution in [1.29, 1.82) is 0 Å². The van der Waals surface area contributed by atoms with Gasteiger partial charge in [-0.15, -0.1) is 0 Å². The van der Waals surface area contributed by atoms with Crippen molar-refractivity contribution in [3.8, 4) is 0 Å². The average molecular weight is 299 g/mol. The monoisotopic (exact) mass is 299 g/mol. The molecule has 0 unspecified atom stereocenters. The molecule has 114 valence electrons. The number of rotatable bonds is 5. The lowest BCUT2D eigenvalue weighted by molar-refractivity contribution is -0.116. The third-order valence-electron chi connectivity index (χ3n) is 3.02. The Morgan fingerprint density at radius 1 is 1.00 bits per heavy atom. The van der Waals surface area contributed by atoms with Gasteiger partial charge in [-0.25, -0.2) is 4.79 Å². The van der Waals surface area contributed by atoms with E-state index in [2.05, 4.69) is 10.6 Å². The highest BCUT2D eigenvalue weighted by molar-refractivity contribution is 5.92. The number of aryl methyl sites for hydroxylation is 1. The van der Waals surface area contributed by atoms with Gasteiger partial charge in [0.15, 0.2) is 0 Å². The second-order valence-electron chi connectivity index (χ2n) is 4.80. The number of amides is 2. The number of anilines is 3. The maximum absolute atomic E-state index is 11.9. The SMILES string of the molecule is Nc1ccc(CCC(=O)Nc2cccc(NC(=O)O)c2)cc1. The van der Waals surface area contributed by atoms with Crippen LogP contribution in [0.4, 0.5) is 21.9 Å². The molecule has 5 N–H and O–H groups in total. The molecule has 0 saturated carbocycles. The van der Waals surface area contributed by atoms with E-state index in [1.165, 1.54) is 0 Å². The largest absolute Gasteiger partial charge is 0.465 e. The highest BCUT2D eigenvalue weighted by atomic mass is 16.4. The molecule has 2 aromatic rings. The number of nitrogens with one attached hydrogen (secondary N) is 2.